The molecule has 0 aliphatic heterocycles. The predicted octanol–water partition coefficient (Wildman–Crippen LogP) is 3.47. The highest BCUT2D eigenvalue weighted by Gasteiger charge is 2.10. The molecule has 2 aromatic carbocycles. The molecule has 0 fully saturated rings. The summed E-state index contributed by atoms with van der Waals surface area (Å²) in [5.41, 5.74) is 3.04. The maximum absolute atomic E-state index is 9.83. The van der Waals surface area contributed by atoms with Gasteiger partial charge in [0.1, 0.15) is 6.10 Å². The van der Waals surface area contributed by atoms with E-state index in [0.717, 1.165) is 11.1 Å². The molecule has 0 aliphatic rings. The largest absolute Gasteiger partial charge is 0.383 e. The van der Waals surface area contributed by atoms with Crippen molar-refractivity contribution >= 4 is 0 Å². The molecule has 2 heteroatoms. The van der Waals surface area contributed by atoms with E-state index in [1.165, 1.54) is 0 Å². The van der Waals surface area contributed by atoms with Gasteiger partial charge in [-0.15, -0.1) is 0 Å². The molecule has 2 aromatic rings. The lowest BCUT2D eigenvalue weighted by Crippen LogP contribution is -1.98. The first-order valence-electron chi connectivity index (χ1n) is 5.64. The Hall–Kier alpha value is -2.37. The molecule has 2 nitrogen and oxygen atoms in total. The summed E-state index contributed by atoms with van der Waals surface area (Å²) in [4.78, 5) is 0. The summed E-state index contributed by atoms with van der Waals surface area (Å²) in [7, 11) is 0. The highest BCUT2D eigenvalue weighted by Crippen LogP contribution is 2.24. The molecule has 0 saturated carbocycles. The number of rotatable bonds is 3. The van der Waals surface area contributed by atoms with Crippen LogP contribution in [0.2, 0.25) is 0 Å². The van der Waals surface area contributed by atoms with Gasteiger partial charge in [-0.1, -0.05) is 61.2 Å². The van der Waals surface area contributed by atoms with Gasteiger partial charge in [-0.25, -0.2) is 0 Å². The molecular formula is C16H13NO. The van der Waals surface area contributed by atoms with Crippen LogP contribution >= 0.6 is 0 Å². The Bertz CT molecular complexity index is 579. The van der Waals surface area contributed by atoms with Crippen molar-refractivity contribution in [1.29, 1.82) is 5.26 Å². The van der Waals surface area contributed by atoms with E-state index < -0.39 is 6.10 Å². The van der Waals surface area contributed by atoms with Gasteiger partial charge in [-0.05, 0) is 16.7 Å². The van der Waals surface area contributed by atoms with Crippen LogP contribution in [-0.4, -0.2) is 5.11 Å². The number of hydrogen-bond acceptors (Lipinski definition) is 2. The van der Waals surface area contributed by atoms with Crippen molar-refractivity contribution in [3.8, 4) is 17.2 Å². The minimum atomic E-state index is -0.917. The molecule has 0 aromatic heterocycles. The lowest BCUT2D eigenvalue weighted by Gasteiger charge is -2.09. The maximum atomic E-state index is 9.83. The first kappa shape index (κ1) is 12.1. The van der Waals surface area contributed by atoms with Crippen molar-refractivity contribution in [3.05, 3.63) is 72.3 Å². The second kappa shape index (κ2) is 5.31. The van der Waals surface area contributed by atoms with Crippen LogP contribution in [0.4, 0.5) is 0 Å². The molecule has 88 valence electrons. The smallest absolute Gasteiger partial charge is 0.113 e. The fourth-order valence-corrected chi connectivity index (χ4v) is 1.75. The minimum absolute atomic E-state index is 0.155. The second-order valence-electron chi connectivity index (χ2n) is 4.03. The third-order valence-electron chi connectivity index (χ3n) is 2.81. The Kier molecular flexibility index (Phi) is 3.57. The van der Waals surface area contributed by atoms with Crippen molar-refractivity contribution < 1.29 is 5.11 Å². The van der Waals surface area contributed by atoms with Gasteiger partial charge in [0, 0.05) is 0 Å². The van der Waals surface area contributed by atoms with Gasteiger partial charge in [0.05, 0.1) is 11.6 Å². The molecule has 1 atom stereocenters. The summed E-state index contributed by atoms with van der Waals surface area (Å²) in [5, 5.41) is 18.5. The van der Waals surface area contributed by atoms with E-state index in [2.05, 4.69) is 6.58 Å². The molecule has 0 radical (unpaired) electrons. The molecule has 0 unspecified atom stereocenters. The summed E-state index contributed by atoms with van der Waals surface area (Å²) >= 11 is 0. The van der Waals surface area contributed by atoms with Crippen molar-refractivity contribution in [2.75, 3.05) is 0 Å². The molecule has 0 heterocycles. The third-order valence-corrected chi connectivity index (χ3v) is 2.81. The number of aliphatic hydroxyl groups is 1. The standard InChI is InChI=1S/C16H13NO/c1-12(11-17)16(18)15-9-7-14(8-10-15)13-5-3-2-4-6-13/h2-10,16,18H,1H2/t16-/m1/s1. The number of nitrogens with zero attached hydrogens (tertiary/aromatic N) is 1. The van der Waals surface area contributed by atoms with E-state index >= 15 is 0 Å². The van der Waals surface area contributed by atoms with E-state index in [0.29, 0.717) is 5.56 Å². The highest BCUT2D eigenvalue weighted by molar-refractivity contribution is 5.63. The van der Waals surface area contributed by atoms with Crippen LogP contribution < -0.4 is 0 Å². The first-order chi connectivity index (χ1) is 8.72. The van der Waals surface area contributed by atoms with Crippen molar-refractivity contribution in [2.45, 2.75) is 6.10 Å². The van der Waals surface area contributed by atoms with E-state index in [4.69, 9.17) is 5.26 Å². The highest BCUT2D eigenvalue weighted by atomic mass is 16.3. The van der Waals surface area contributed by atoms with E-state index in [-0.39, 0.29) is 5.57 Å². The normalized spacial score (nSPS) is 11.6. The second-order valence-corrected chi connectivity index (χ2v) is 4.03. The van der Waals surface area contributed by atoms with Gasteiger partial charge in [-0.3, -0.25) is 0 Å². The van der Waals surface area contributed by atoms with Crippen LogP contribution in [0.5, 0.6) is 0 Å². The van der Waals surface area contributed by atoms with Gasteiger partial charge in [0.2, 0.25) is 0 Å². The summed E-state index contributed by atoms with van der Waals surface area (Å²) in [5.74, 6) is 0. The molecule has 0 saturated heterocycles. The topological polar surface area (TPSA) is 44.0 Å². The Balaban J connectivity index is 2.26. The first-order valence-corrected chi connectivity index (χ1v) is 5.64. The summed E-state index contributed by atoms with van der Waals surface area (Å²) in [6.07, 6.45) is -0.917. The molecular weight excluding hydrogens is 222 g/mol. The van der Waals surface area contributed by atoms with Crippen LogP contribution in [-0.2, 0) is 0 Å². The predicted molar refractivity (Wildman–Crippen MR) is 71.6 cm³/mol. The van der Waals surface area contributed by atoms with Crippen LogP contribution in [0, 0.1) is 11.3 Å². The van der Waals surface area contributed by atoms with Crippen LogP contribution in [0.3, 0.4) is 0 Å². The summed E-state index contributed by atoms with van der Waals surface area (Å²) < 4.78 is 0. The third kappa shape index (κ3) is 2.48. The zero-order chi connectivity index (χ0) is 13.0. The van der Waals surface area contributed by atoms with Crippen molar-refractivity contribution in [2.24, 2.45) is 0 Å². The monoisotopic (exact) mass is 235 g/mol. The fourth-order valence-electron chi connectivity index (χ4n) is 1.75. The fraction of sp³-hybridized carbons (Fsp3) is 0.0625. The zero-order valence-electron chi connectivity index (χ0n) is 9.88. The Morgan fingerprint density at radius 3 is 2.11 bits per heavy atom. The Morgan fingerprint density at radius 2 is 1.56 bits per heavy atom. The molecule has 2 rings (SSSR count). The van der Waals surface area contributed by atoms with Crippen molar-refractivity contribution in [1.82, 2.24) is 0 Å². The van der Waals surface area contributed by atoms with Gasteiger partial charge >= 0.3 is 0 Å². The average Bonchev–Trinajstić information content (AvgIpc) is 2.47. The van der Waals surface area contributed by atoms with E-state index in [1.807, 2.05) is 60.7 Å². The maximum Gasteiger partial charge on any atom is 0.113 e. The average molecular weight is 235 g/mol. The molecule has 0 bridgehead atoms. The number of hydrogen-bond donors (Lipinski definition) is 1. The minimum Gasteiger partial charge on any atom is -0.383 e. The lowest BCUT2D eigenvalue weighted by atomic mass is 9.99. The lowest BCUT2D eigenvalue weighted by molar-refractivity contribution is 0.221. The summed E-state index contributed by atoms with van der Waals surface area (Å²) in [6.45, 7) is 3.52. The van der Waals surface area contributed by atoms with Crippen molar-refractivity contribution in [3.63, 3.8) is 0 Å². The molecule has 0 aliphatic carbocycles. The summed E-state index contributed by atoms with van der Waals surface area (Å²) in [6, 6.07) is 19.3. The number of aliphatic hydroxyl groups excluding tert-OH is 1. The molecule has 0 spiro atoms. The van der Waals surface area contributed by atoms with Crippen LogP contribution in [0.15, 0.2) is 66.7 Å². The number of nitriles is 1. The van der Waals surface area contributed by atoms with Gasteiger partial charge in [-0.2, -0.15) is 5.26 Å². The zero-order valence-corrected chi connectivity index (χ0v) is 9.88. The number of benzene rings is 2. The van der Waals surface area contributed by atoms with E-state index in [1.54, 1.807) is 0 Å². The van der Waals surface area contributed by atoms with Crippen LogP contribution in [0.25, 0.3) is 11.1 Å². The van der Waals surface area contributed by atoms with Gasteiger partial charge in [0.15, 0.2) is 0 Å². The quantitative estimate of drug-likeness (QED) is 0.828. The molecule has 18 heavy (non-hydrogen) atoms. The molecule has 0 amide bonds. The van der Waals surface area contributed by atoms with Gasteiger partial charge < -0.3 is 5.11 Å². The van der Waals surface area contributed by atoms with Gasteiger partial charge in [0.25, 0.3) is 0 Å². The molecule has 1 N–H and O–H groups in total. The van der Waals surface area contributed by atoms with E-state index in [9.17, 15) is 5.11 Å². The Morgan fingerprint density at radius 1 is 1.00 bits per heavy atom. The van der Waals surface area contributed by atoms with Crippen LogP contribution in [0.1, 0.15) is 11.7 Å². The SMILES string of the molecule is C=C(C#N)[C@@H](O)c1ccc(-c2ccccc2)cc1. The Labute approximate surface area is 106 Å².